The Morgan fingerprint density at radius 3 is 2.33 bits per heavy atom. The Bertz CT molecular complexity index is 1340. The second-order valence-corrected chi connectivity index (χ2v) is 8.65. The van der Waals surface area contributed by atoms with Crippen molar-refractivity contribution in [1.82, 2.24) is 0 Å². The van der Waals surface area contributed by atoms with Gasteiger partial charge in [0.1, 0.15) is 11.8 Å². The SMILES string of the molecule is O=C1Cc2ccc(Cl)cc2C(c2ccc(O)cc2)=NC1Cc1ccccc1-c1ccccc1. The first-order valence-electron chi connectivity index (χ1n) is 10.9. The molecule has 162 valence electrons. The number of hydrogen-bond acceptors (Lipinski definition) is 3. The van der Waals surface area contributed by atoms with Crippen molar-refractivity contribution in [3.8, 4) is 16.9 Å². The second-order valence-electron chi connectivity index (χ2n) is 8.21. The molecule has 1 N–H and O–H groups in total. The lowest BCUT2D eigenvalue weighted by Gasteiger charge is -2.15. The number of Topliss-reactive ketones (excluding diaryl/α,β-unsaturated/α-hetero) is 1. The monoisotopic (exact) mass is 451 g/mol. The molecule has 4 aromatic carbocycles. The number of aromatic hydroxyl groups is 1. The summed E-state index contributed by atoms with van der Waals surface area (Å²) in [5.74, 6) is 0.263. The zero-order valence-corrected chi connectivity index (χ0v) is 18.7. The molecule has 3 nitrogen and oxygen atoms in total. The summed E-state index contributed by atoms with van der Waals surface area (Å²) in [7, 11) is 0. The molecule has 5 rings (SSSR count). The zero-order chi connectivity index (χ0) is 22.8. The fraction of sp³-hybridized carbons (Fsp3) is 0.103. The summed E-state index contributed by atoms with van der Waals surface area (Å²) in [4.78, 5) is 18.4. The topological polar surface area (TPSA) is 49.7 Å². The summed E-state index contributed by atoms with van der Waals surface area (Å²) in [6, 6.07) is 30.4. The van der Waals surface area contributed by atoms with Gasteiger partial charge in [0.15, 0.2) is 5.78 Å². The molecule has 0 aliphatic carbocycles. The normalized spacial score (nSPS) is 15.5. The van der Waals surface area contributed by atoms with Crippen LogP contribution in [0.4, 0.5) is 0 Å². The molecule has 0 radical (unpaired) electrons. The minimum Gasteiger partial charge on any atom is -0.508 e. The van der Waals surface area contributed by atoms with Gasteiger partial charge in [-0.1, -0.05) is 72.3 Å². The molecule has 0 bridgehead atoms. The van der Waals surface area contributed by atoms with Crippen LogP contribution in [0.25, 0.3) is 11.1 Å². The van der Waals surface area contributed by atoms with Crippen LogP contribution >= 0.6 is 11.6 Å². The van der Waals surface area contributed by atoms with E-state index in [1.165, 1.54) is 0 Å². The molecule has 0 saturated heterocycles. The molecular weight excluding hydrogens is 430 g/mol. The van der Waals surface area contributed by atoms with Crippen LogP contribution in [-0.4, -0.2) is 22.6 Å². The van der Waals surface area contributed by atoms with E-state index in [1.54, 1.807) is 12.1 Å². The van der Waals surface area contributed by atoms with Crippen molar-refractivity contribution in [2.75, 3.05) is 0 Å². The Morgan fingerprint density at radius 1 is 0.818 bits per heavy atom. The van der Waals surface area contributed by atoms with Crippen LogP contribution in [0.15, 0.2) is 102 Å². The van der Waals surface area contributed by atoms with Crippen molar-refractivity contribution < 1.29 is 9.90 Å². The zero-order valence-electron chi connectivity index (χ0n) is 17.9. The molecule has 1 aliphatic heterocycles. The summed E-state index contributed by atoms with van der Waals surface area (Å²) in [5, 5.41) is 10.4. The molecule has 1 unspecified atom stereocenters. The number of phenolic OH excluding ortho intramolecular Hbond substituents is 1. The summed E-state index contributed by atoms with van der Waals surface area (Å²) >= 11 is 6.32. The number of nitrogens with zero attached hydrogens (tertiary/aromatic N) is 1. The van der Waals surface area contributed by atoms with Crippen LogP contribution in [0.3, 0.4) is 0 Å². The summed E-state index contributed by atoms with van der Waals surface area (Å²) in [5.41, 5.74) is 6.65. The Balaban J connectivity index is 1.60. The minimum atomic E-state index is -0.523. The molecule has 4 aromatic rings. The molecule has 0 amide bonds. The molecular formula is C29H22ClNO2. The number of ketones is 1. The lowest BCUT2D eigenvalue weighted by molar-refractivity contribution is -0.119. The average molecular weight is 452 g/mol. The summed E-state index contributed by atoms with van der Waals surface area (Å²) < 4.78 is 0. The van der Waals surface area contributed by atoms with E-state index in [-0.39, 0.29) is 11.5 Å². The van der Waals surface area contributed by atoms with Crippen LogP contribution < -0.4 is 0 Å². The first-order chi connectivity index (χ1) is 16.1. The van der Waals surface area contributed by atoms with E-state index in [4.69, 9.17) is 16.6 Å². The third-order valence-corrected chi connectivity index (χ3v) is 6.24. The van der Waals surface area contributed by atoms with Gasteiger partial charge in [-0.2, -0.15) is 0 Å². The van der Waals surface area contributed by atoms with Gasteiger partial charge in [-0.25, -0.2) is 0 Å². The van der Waals surface area contributed by atoms with Gasteiger partial charge in [0.2, 0.25) is 0 Å². The maximum absolute atomic E-state index is 13.4. The first-order valence-corrected chi connectivity index (χ1v) is 11.3. The molecule has 0 saturated carbocycles. The number of rotatable bonds is 4. The molecule has 0 aromatic heterocycles. The lowest BCUT2D eigenvalue weighted by Crippen LogP contribution is -2.23. The van der Waals surface area contributed by atoms with Gasteiger partial charge in [0, 0.05) is 29.0 Å². The number of benzene rings is 4. The van der Waals surface area contributed by atoms with Crippen LogP contribution in [0.2, 0.25) is 5.02 Å². The highest BCUT2D eigenvalue weighted by atomic mass is 35.5. The van der Waals surface area contributed by atoms with Crippen molar-refractivity contribution in [3.05, 3.63) is 124 Å². The van der Waals surface area contributed by atoms with E-state index in [0.717, 1.165) is 39.1 Å². The van der Waals surface area contributed by atoms with Crippen LogP contribution in [-0.2, 0) is 17.6 Å². The van der Waals surface area contributed by atoms with Gasteiger partial charge >= 0.3 is 0 Å². The summed E-state index contributed by atoms with van der Waals surface area (Å²) in [6.07, 6.45) is 0.808. The number of aliphatic imine (C=N–C) groups is 1. The van der Waals surface area contributed by atoms with Crippen LogP contribution in [0.1, 0.15) is 22.3 Å². The Labute approximate surface area is 198 Å². The molecule has 4 heteroatoms. The van der Waals surface area contributed by atoms with Crippen LogP contribution in [0, 0.1) is 0 Å². The minimum absolute atomic E-state index is 0.0789. The molecule has 1 heterocycles. The number of halogens is 1. The van der Waals surface area contributed by atoms with E-state index in [1.807, 2.05) is 60.7 Å². The van der Waals surface area contributed by atoms with Gasteiger partial charge in [-0.3, -0.25) is 9.79 Å². The van der Waals surface area contributed by atoms with Gasteiger partial charge in [-0.15, -0.1) is 0 Å². The fourth-order valence-corrected chi connectivity index (χ4v) is 4.51. The molecule has 0 fully saturated rings. The van der Waals surface area contributed by atoms with Crippen molar-refractivity contribution in [3.63, 3.8) is 0 Å². The lowest BCUT2D eigenvalue weighted by atomic mass is 9.92. The average Bonchev–Trinajstić information content (AvgIpc) is 2.97. The highest BCUT2D eigenvalue weighted by Crippen LogP contribution is 2.29. The van der Waals surface area contributed by atoms with E-state index < -0.39 is 6.04 Å². The van der Waals surface area contributed by atoms with E-state index in [2.05, 4.69) is 24.3 Å². The maximum Gasteiger partial charge on any atom is 0.162 e. The van der Waals surface area contributed by atoms with E-state index in [0.29, 0.717) is 17.9 Å². The third kappa shape index (κ3) is 4.46. The van der Waals surface area contributed by atoms with Crippen molar-refractivity contribution in [2.24, 2.45) is 4.99 Å². The van der Waals surface area contributed by atoms with Crippen LogP contribution in [0.5, 0.6) is 5.75 Å². The number of phenols is 1. The number of carbonyl (C=O) groups excluding carboxylic acids is 1. The molecule has 1 aliphatic rings. The van der Waals surface area contributed by atoms with Crippen molar-refractivity contribution >= 4 is 23.1 Å². The summed E-state index contributed by atoms with van der Waals surface area (Å²) in [6.45, 7) is 0. The standard InChI is InChI=1S/C29H22ClNO2/c30-23-13-10-22-17-28(33)27(31-29(26(22)18-23)20-11-14-24(32)15-12-20)16-21-8-4-5-9-25(21)19-6-2-1-3-7-19/h1-15,18,27,32H,16-17H2. The third-order valence-electron chi connectivity index (χ3n) is 6.00. The number of carbonyl (C=O) groups is 1. The Hall–Kier alpha value is -3.69. The van der Waals surface area contributed by atoms with E-state index in [9.17, 15) is 9.90 Å². The van der Waals surface area contributed by atoms with Crippen molar-refractivity contribution in [1.29, 1.82) is 0 Å². The molecule has 33 heavy (non-hydrogen) atoms. The van der Waals surface area contributed by atoms with Gasteiger partial charge in [-0.05, 0) is 58.7 Å². The smallest absolute Gasteiger partial charge is 0.162 e. The predicted octanol–water partition coefficient (Wildman–Crippen LogP) is 6.29. The Morgan fingerprint density at radius 2 is 1.55 bits per heavy atom. The van der Waals surface area contributed by atoms with E-state index >= 15 is 0 Å². The number of fused-ring (bicyclic) bond motifs is 1. The fourth-order valence-electron chi connectivity index (χ4n) is 4.34. The van der Waals surface area contributed by atoms with Gasteiger partial charge in [0.05, 0.1) is 5.71 Å². The number of hydrogen-bond donors (Lipinski definition) is 1. The maximum atomic E-state index is 13.4. The van der Waals surface area contributed by atoms with Crippen molar-refractivity contribution in [2.45, 2.75) is 18.9 Å². The Kier molecular flexibility index (Phi) is 5.80. The quantitative estimate of drug-likeness (QED) is 0.396. The predicted molar refractivity (Wildman–Crippen MR) is 133 cm³/mol. The van der Waals surface area contributed by atoms with Gasteiger partial charge in [0.25, 0.3) is 0 Å². The highest BCUT2D eigenvalue weighted by molar-refractivity contribution is 6.31. The largest absolute Gasteiger partial charge is 0.508 e. The second kappa shape index (κ2) is 9.05. The highest BCUT2D eigenvalue weighted by Gasteiger charge is 2.27. The molecule has 0 spiro atoms. The van der Waals surface area contributed by atoms with Gasteiger partial charge < -0.3 is 5.11 Å². The molecule has 1 atom stereocenters. The first kappa shape index (κ1) is 21.2.